The zero-order valence-electron chi connectivity index (χ0n) is 15.4. The van der Waals surface area contributed by atoms with Gasteiger partial charge in [0, 0.05) is 16.6 Å². The van der Waals surface area contributed by atoms with Gasteiger partial charge in [-0.05, 0) is 45.0 Å². The van der Waals surface area contributed by atoms with Crippen molar-refractivity contribution in [2.75, 3.05) is 4.90 Å². The van der Waals surface area contributed by atoms with Crippen LogP contribution in [0.25, 0.3) is 10.9 Å². The average Bonchev–Trinajstić information content (AvgIpc) is 2.60. The van der Waals surface area contributed by atoms with Crippen LogP contribution >= 0.6 is 15.9 Å². The molecule has 1 heterocycles. The van der Waals surface area contributed by atoms with Crippen molar-refractivity contribution in [1.29, 1.82) is 0 Å². The number of hydrogen-bond donors (Lipinski definition) is 0. The maximum absolute atomic E-state index is 13.0. The Kier molecular flexibility index (Phi) is 5.28. The first-order valence-corrected chi connectivity index (χ1v) is 9.13. The van der Waals surface area contributed by atoms with Gasteiger partial charge in [-0.15, -0.1) is 0 Å². The summed E-state index contributed by atoms with van der Waals surface area (Å²) < 4.78 is 6.31. The van der Waals surface area contributed by atoms with Crippen LogP contribution in [-0.4, -0.2) is 26.6 Å². The van der Waals surface area contributed by atoms with Gasteiger partial charge in [0.25, 0.3) is 5.69 Å². The number of anilines is 2. The van der Waals surface area contributed by atoms with Crippen molar-refractivity contribution in [3.63, 3.8) is 0 Å². The molecule has 0 radical (unpaired) electrons. The summed E-state index contributed by atoms with van der Waals surface area (Å²) >= 11 is 3.39. The minimum Gasteiger partial charge on any atom is -0.443 e. The molecule has 0 spiro atoms. The fraction of sp³-hybridized carbons (Fsp3) is 0.211. The predicted octanol–water partition coefficient (Wildman–Crippen LogP) is 5.37. The first-order chi connectivity index (χ1) is 13.2. The van der Waals surface area contributed by atoms with Crippen LogP contribution in [0.3, 0.4) is 0 Å². The molecule has 0 aliphatic rings. The zero-order chi connectivity index (χ0) is 20.5. The number of nitro benzene ring substituents is 1. The lowest BCUT2D eigenvalue weighted by Crippen LogP contribution is -2.34. The highest BCUT2D eigenvalue weighted by Gasteiger charge is 2.28. The fourth-order valence-electron chi connectivity index (χ4n) is 2.56. The van der Waals surface area contributed by atoms with Gasteiger partial charge < -0.3 is 4.74 Å². The Morgan fingerprint density at radius 3 is 2.57 bits per heavy atom. The number of halogens is 1. The average molecular weight is 445 g/mol. The third-order valence-electron chi connectivity index (χ3n) is 3.66. The van der Waals surface area contributed by atoms with Crippen LogP contribution in [-0.2, 0) is 4.74 Å². The Balaban J connectivity index is 2.24. The van der Waals surface area contributed by atoms with Gasteiger partial charge in [-0.2, -0.15) is 0 Å². The minimum absolute atomic E-state index is 0.123. The molecule has 1 amide bonds. The van der Waals surface area contributed by atoms with Crippen molar-refractivity contribution in [3.05, 3.63) is 63.4 Å². The van der Waals surface area contributed by atoms with Crippen LogP contribution in [0.1, 0.15) is 20.8 Å². The SMILES string of the molecule is CC(C)(C)OC(=O)N(c1cccc(Br)c1)c1ncnc2ccc([N+](=O)[O-])cc12. The fourth-order valence-corrected chi connectivity index (χ4v) is 2.95. The maximum Gasteiger partial charge on any atom is 0.420 e. The molecule has 0 atom stereocenters. The lowest BCUT2D eigenvalue weighted by molar-refractivity contribution is -0.384. The van der Waals surface area contributed by atoms with Crippen molar-refractivity contribution in [2.45, 2.75) is 26.4 Å². The summed E-state index contributed by atoms with van der Waals surface area (Å²) in [6.45, 7) is 5.27. The van der Waals surface area contributed by atoms with Crippen LogP contribution in [0, 0.1) is 10.1 Å². The molecule has 28 heavy (non-hydrogen) atoms. The number of non-ortho nitro benzene ring substituents is 1. The molecule has 0 saturated heterocycles. The zero-order valence-corrected chi connectivity index (χ0v) is 17.0. The van der Waals surface area contributed by atoms with Crippen molar-refractivity contribution in [2.24, 2.45) is 0 Å². The molecule has 3 aromatic rings. The van der Waals surface area contributed by atoms with Crippen LogP contribution in [0.2, 0.25) is 0 Å². The van der Waals surface area contributed by atoms with E-state index < -0.39 is 16.6 Å². The highest BCUT2D eigenvalue weighted by Crippen LogP contribution is 2.34. The number of ether oxygens (including phenoxy) is 1. The Hall–Kier alpha value is -3.07. The highest BCUT2D eigenvalue weighted by atomic mass is 79.9. The number of amides is 1. The number of nitrogens with zero attached hydrogens (tertiary/aromatic N) is 4. The standard InChI is InChI=1S/C19H17BrN4O4/c1-19(2,3)28-18(25)23(13-6-4-5-12(20)9-13)17-15-10-14(24(26)27)7-8-16(15)21-11-22-17/h4-11H,1-3H3. The number of aromatic nitrogens is 2. The molecule has 9 heteroatoms. The monoisotopic (exact) mass is 444 g/mol. The molecule has 2 aromatic carbocycles. The lowest BCUT2D eigenvalue weighted by atomic mass is 10.2. The highest BCUT2D eigenvalue weighted by molar-refractivity contribution is 9.10. The third-order valence-corrected chi connectivity index (χ3v) is 4.16. The second-order valence-corrected chi connectivity index (χ2v) is 7.87. The van der Waals surface area contributed by atoms with E-state index in [1.165, 1.54) is 29.4 Å². The molecule has 0 unspecified atom stereocenters. The summed E-state index contributed by atoms with van der Waals surface area (Å²) in [6.07, 6.45) is 0.649. The molecule has 0 bridgehead atoms. The normalized spacial score (nSPS) is 11.3. The van der Waals surface area contributed by atoms with Crippen molar-refractivity contribution in [1.82, 2.24) is 9.97 Å². The van der Waals surface area contributed by atoms with Crippen LogP contribution < -0.4 is 4.90 Å². The molecule has 3 rings (SSSR count). The van der Waals surface area contributed by atoms with E-state index >= 15 is 0 Å². The van der Waals surface area contributed by atoms with Gasteiger partial charge in [0.15, 0.2) is 5.82 Å². The van der Waals surface area contributed by atoms with Crippen LogP contribution in [0.15, 0.2) is 53.3 Å². The molecule has 1 aromatic heterocycles. The topological polar surface area (TPSA) is 98.5 Å². The van der Waals surface area contributed by atoms with E-state index in [9.17, 15) is 14.9 Å². The van der Waals surface area contributed by atoms with Crippen molar-refractivity contribution in [3.8, 4) is 0 Å². The van der Waals surface area contributed by atoms with Gasteiger partial charge in [0.2, 0.25) is 0 Å². The van der Waals surface area contributed by atoms with Gasteiger partial charge >= 0.3 is 6.09 Å². The Labute approximate surface area is 169 Å². The minimum atomic E-state index is -0.740. The number of benzene rings is 2. The number of carbonyl (C=O) groups is 1. The Morgan fingerprint density at radius 1 is 1.18 bits per heavy atom. The van der Waals surface area contributed by atoms with Crippen molar-refractivity contribution >= 4 is 50.1 Å². The molecular weight excluding hydrogens is 428 g/mol. The van der Waals surface area contributed by atoms with Gasteiger partial charge in [0.05, 0.1) is 21.5 Å². The van der Waals surface area contributed by atoms with E-state index in [0.717, 1.165) is 4.47 Å². The summed E-state index contributed by atoms with van der Waals surface area (Å²) in [6, 6.07) is 11.3. The first kappa shape index (κ1) is 19.7. The van der Waals surface area contributed by atoms with Crippen LogP contribution in [0.4, 0.5) is 22.0 Å². The van der Waals surface area contributed by atoms with Gasteiger partial charge in [-0.1, -0.05) is 22.0 Å². The maximum atomic E-state index is 13.0. The molecular formula is C19H17BrN4O4. The molecule has 0 saturated carbocycles. The molecule has 0 aliphatic carbocycles. The smallest absolute Gasteiger partial charge is 0.420 e. The summed E-state index contributed by atoms with van der Waals surface area (Å²) in [5, 5.41) is 11.6. The summed E-state index contributed by atoms with van der Waals surface area (Å²) in [4.78, 5) is 33.4. The second kappa shape index (κ2) is 7.51. The van der Waals surface area contributed by atoms with E-state index in [-0.39, 0.29) is 11.5 Å². The van der Waals surface area contributed by atoms with Gasteiger partial charge in [0.1, 0.15) is 11.9 Å². The van der Waals surface area contributed by atoms with Gasteiger partial charge in [-0.25, -0.2) is 19.7 Å². The summed E-state index contributed by atoms with van der Waals surface area (Å²) in [7, 11) is 0. The molecule has 0 fully saturated rings. The first-order valence-electron chi connectivity index (χ1n) is 8.33. The van der Waals surface area contributed by atoms with Crippen LogP contribution in [0.5, 0.6) is 0 Å². The lowest BCUT2D eigenvalue weighted by Gasteiger charge is -2.27. The quantitative estimate of drug-likeness (QED) is 0.397. The largest absolute Gasteiger partial charge is 0.443 e. The molecule has 0 aliphatic heterocycles. The molecule has 144 valence electrons. The van der Waals surface area contributed by atoms with Gasteiger partial charge in [-0.3, -0.25) is 10.1 Å². The van der Waals surface area contributed by atoms with E-state index in [1.54, 1.807) is 39.0 Å². The molecule has 0 N–H and O–H groups in total. The second-order valence-electron chi connectivity index (χ2n) is 6.95. The van der Waals surface area contributed by atoms with E-state index in [0.29, 0.717) is 16.6 Å². The number of nitro groups is 1. The summed E-state index contributed by atoms with van der Waals surface area (Å²) in [5.74, 6) is 0.195. The Bertz CT molecular complexity index is 1070. The van der Waals surface area contributed by atoms with Crippen molar-refractivity contribution < 1.29 is 14.5 Å². The number of rotatable bonds is 3. The number of hydrogen-bond acceptors (Lipinski definition) is 6. The predicted molar refractivity (Wildman–Crippen MR) is 109 cm³/mol. The number of carbonyl (C=O) groups excluding carboxylic acids is 1. The van der Waals surface area contributed by atoms with E-state index in [4.69, 9.17) is 4.74 Å². The third kappa shape index (κ3) is 4.25. The number of fused-ring (bicyclic) bond motifs is 1. The van der Waals surface area contributed by atoms with E-state index in [2.05, 4.69) is 25.9 Å². The molecule has 8 nitrogen and oxygen atoms in total. The Morgan fingerprint density at radius 2 is 1.93 bits per heavy atom. The summed E-state index contributed by atoms with van der Waals surface area (Å²) in [5.41, 5.74) is 0.104. The van der Waals surface area contributed by atoms with E-state index in [1.807, 2.05) is 6.07 Å².